The average Bonchev–Trinajstić information content (AvgIpc) is 2.83. The van der Waals surface area contributed by atoms with E-state index in [1.165, 1.54) is 76.2 Å². The topological polar surface area (TPSA) is 9.23 Å². The smallest absolute Gasteiger partial charge is 0.127 e. The molecule has 3 aromatic rings. The molecular formula is C30H41NaO. The number of benzene rings is 3. The molecule has 0 saturated heterocycles. The fourth-order valence-electron chi connectivity index (χ4n) is 3.57. The quantitative estimate of drug-likeness (QED) is 0.190. The van der Waals surface area contributed by atoms with Crippen molar-refractivity contribution < 1.29 is 4.74 Å². The molecule has 0 aromatic heterocycles. The first-order valence-corrected chi connectivity index (χ1v) is 12.2. The van der Waals surface area contributed by atoms with Crippen LogP contribution in [0.5, 0.6) is 11.5 Å². The Morgan fingerprint density at radius 2 is 0.844 bits per heavy atom. The summed E-state index contributed by atoms with van der Waals surface area (Å²) >= 11 is 0. The molecule has 168 valence electrons. The number of aryl methyl sites for hydroxylation is 1. The van der Waals surface area contributed by atoms with Crippen LogP contribution >= 0.6 is 0 Å². The van der Waals surface area contributed by atoms with Crippen LogP contribution in [0.2, 0.25) is 0 Å². The van der Waals surface area contributed by atoms with E-state index in [1.54, 1.807) is 0 Å². The molecule has 0 unspecified atom stereocenters. The third-order valence-corrected chi connectivity index (χ3v) is 5.38. The Balaban J connectivity index is 0.000000324. The first kappa shape index (κ1) is 28.5. The van der Waals surface area contributed by atoms with Gasteiger partial charge < -0.3 is 4.74 Å². The van der Waals surface area contributed by atoms with Gasteiger partial charge in [0.15, 0.2) is 0 Å². The molecular weight excluding hydrogens is 399 g/mol. The van der Waals surface area contributed by atoms with Gasteiger partial charge in [0.2, 0.25) is 0 Å². The van der Waals surface area contributed by atoms with Gasteiger partial charge in [0, 0.05) is 0 Å². The van der Waals surface area contributed by atoms with E-state index < -0.39 is 0 Å². The van der Waals surface area contributed by atoms with Crippen LogP contribution in [0.15, 0.2) is 91.0 Å². The van der Waals surface area contributed by atoms with Crippen LogP contribution in [0.1, 0.15) is 76.7 Å². The first-order valence-electron chi connectivity index (χ1n) is 12.2. The Hall–Kier alpha value is -1.54. The summed E-state index contributed by atoms with van der Waals surface area (Å²) in [6.07, 6.45) is 15.5. The van der Waals surface area contributed by atoms with Gasteiger partial charge in [-0.15, -0.1) is 0 Å². The largest absolute Gasteiger partial charge is 0.457 e. The zero-order valence-electron chi connectivity index (χ0n) is 19.3. The minimum Gasteiger partial charge on any atom is -0.457 e. The van der Waals surface area contributed by atoms with E-state index in [4.69, 9.17) is 4.74 Å². The summed E-state index contributed by atoms with van der Waals surface area (Å²) < 4.78 is 5.58. The van der Waals surface area contributed by atoms with Gasteiger partial charge in [0.1, 0.15) is 11.5 Å². The van der Waals surface area contributed by atoms with Gasteiger partial charge in [-0.2, -0.15) is 0 Å². The van der Waals surface area contributed by atoms with Crippen molar-refractivity contribution in [3.8, 4) is 11.5 Å². The number of unbranched alkanes of at least 4 members (excludes halogenated alkanes) is 9. The molecule has 0 bridgehead atoms. The SMILES string of the molecule is CCCCCCCCCCCCc1ccccc1.[NaH].c1ccc(Oc2ccccc2)cc1. The third kappa shape index (κ3) is 14.5. The van der Waals surface area contributed by atoms with Crippen LogP contribution in [-0.2, 0) is 6.42 Å². The monoisotopic (exact) mass is 440 g/mol. The Labute approximate surface area is 218 Å². The van der Waals surface area contributed by atoms with Gasteiger partial charge in [-0.3, -0.25) is 0 Å². The molecule has 2 heteroatoms. The second-order valence-electron chi connectivity index (χ2n) is 8.15. The molecule has 0 aliphatic rings. The Morgan fingerprint density at radius 1 is 0.469 bits per heavy atom. The molecule has 3 rings (SSSR count). The first-order chi connectivity index (χ1) is 15.4. The van der Waals surface area contributed by atoms with Crippen molar-refractivity contribution in [2.24, 2.45) is 0 Å². The molecule has 0 amide bonds. The summed E-state index contributed by atoms with van der Waals surface area (Å²) in [6.45, 7) is 2.28. The molecule has 0 fully saturated rings. The van der Waals surface area contributed by atoms with Crippen molar-refractivity contribution in [1.82, 2.24) is 0 Å². The fourth-order valence-corrected chi connectivity index (χ4v) is 3.57. The Bertz CT molecular complexity index is 721. The molecule has 0 aliphatic carbocycles. The number of hydrogen-bond donors (Lipinski definition) is 0. The van der Waals surface area contributed by atoms with Crippen LogP contribution in [0.3, 0.4) is 0 Å². The molecule has 0 atom stereocenters. The summed E-state index contributed by atoms with van der Waals surface area (Å²) in [5.41, 5.74) is 1.50. The van der Waals surface area contributed by atoms with Gasteiger partial charge in [0.05, 0.1) is 0 Å². The summed E-state index contributed by atoms with van der Waals surface area (Å²) in [4.78, 5) is 0. The zero-order valence-corrected chi connectivity index (χ0v) is 19.3. The third-order valence-electron chi connectivity index (χ3n) is 5.38. The maximum absolute atomic E-state index is 5.58. The zero-order chi connectivity index (χ0) is 21.8. The van der Waals surface area contributed by atoms with Gasteiger partial charge in [0.25, 0.3) is 0 Å². The second-order valence-corrected chi connectivity index (χ2v) is 8.15. The van der Waals surface area contributed by atoms with E-state index in [9.17, 15) is 0 Å². The second kappa shape index (κ2) is 20.1. The maximum atomic E-state index is 5.58. The van der Waals surface area contributed by atoms with Crippen LogP contribution < -0.4 is 4.74 Å². The van der Waals surface area contributed by atoms with E-state index in [0.717, 1.165) is 11.5 Å². The predicted molar refractivity (Wildman–Crippen MR) is 142 cm³/mol. The number of ether oxygens (including phenoxy) is 1. The summed E-state index contributed by atoms with van der Waals surface area (Å²) in [5, 5.41) is 0. The van der Waals surface area contributed by atoms with Crippen molar-refractivity contribution in [2.75, 3.05) is 0 Å². The van der Waals surface area contributed by atoms with Crippen molar-refractivity contribution in [3.63, 3.8) is 0 Å². The molecule has 0 radical (unpaired) electrons. The van der Waals surface area contributed by atoms with Crippen molar-refractivity contribution >= 4 is 29.6 Å². The normalized spacial score (nSPS) is 9.91. The molecule has 0 aliphatic heterocycles. The Kier molecular flexibility index (Phi) is 17.9. The van der Waals surface area contributed by atoms with E-state index in [2.05, 4.69) is 37.3 Å². The number of rotatable bonds is 13. The van der Waals surface area contributed by atoms with E-state index >= 15 is 0 Å². The van der Waals surface area contributed by atoms with Gasteiger partial charge in [-0.1, -0.05) is 131 Å². The van der Waals surface area contributed by atoms with E-state index in [0.29, 0.717) is 0 Å². The maximum Gasteiger partial charge on any atom is 0.127 e. The van der Waals surface area contributed by atoms with Crippen LogP contribution in [0.4, 0.5) is 0 Å². The molecule has 32 heavy (non-hydrogen) atoms. The Morgan fingerprint density at radius 3 is 1.28 bits per heavy atom. The summed E-state index contributed by atoms with van der Waals surface area (Å²) in [6, 6.07) is 30.4. The number of hydrogen-bond acceptors (Lipinski definition) is 1. The van der Waals surface area contributed by atoms with Crippen LogP contribution in [-0.4, -0.2) is 29.6 Å². The van der Waals surface area contributed by atoms with E-state index in [1.807, 2.05) is 60.7 Å². The minimum absolute atomic E-state index is 0. The van der Waals surface area contributed by atoms with Crippen molar-refractivity contribution in [3.05, 3.63) is 96.6 Å². The molecule has 0 spiro atoms. The molecule has 0 N–H and O–H groups in total. The van der Waals surface area contributed by atoms with Crippen LogP contribution in [0, 0.1) is 0 Å². The van der Waals surface area contributed by atoms with Crippen molar-refractivity contribution in [2.45, 2.75) is 77.6 Å². The fraction of sp³-hybridized carbons (Fsp3) is 0.400. The summed E-state index contributed by atoms with van der Waals surface area (Å²) in [5.74, 6) is 1.74. The standard InChI is InChI=1S/C18H30.C12H10O.Na.H/c1-2-3-4-5-6-7-8-9-10-12-15-18-16-13-11-14-17-18;1-3-7-11(8-4-1)13-12-9-5-2-6-10-12;;/h11,13-14,16-17H,2-10,12,15H2,1H3;1-10H;;. The van der Waals surface area contributed by atoms with Gasteiger partial charge in [-0.25, -0.2) is 0 Å². The van der Waals surface area contributed by atoms with E-state index in [-0.39, 0.29) is 29.6 Å². The molecule has 0 heterocycles. The van der Waals surface area contributed by atoms with Gasteiger partial charge in [-0.05, 0) is 42.7 Å². The number of para-hydroxylation sites is 2. The van der Waals surface area contributed by atoms with Crippen LogP contribution in [0.25, 0.3) is 0 Å². The molecule has 1 nitrogen and oxygen atoms in total. The molecule has 0 saturated carbocycles. The summed E-state index contributed by atoms with van der Waals surface area (Å²) in [7, 11) is 0. The predicted octanol–water partition coefficient (Wildman–Crippen LogP) is 8.98. The average molecular weight is 441 g/mol. The van der Waals surface area contributed by atoms with Gasteiger partial charge >= 0.3 is 29.6 Å². The van der Waals surface area contributed by atoms with Crippen molar-refractivity contribution in [1.29, 1.82) is 0 Å². The molecule has 3 aromatic carbocycles. The minimum atomic E-state index is 0.